The Balaban J connectivity index is 1.98. The first-order valence-corrected chi connectivity index (χ1v) is 8.27. The van der Waals surface area contributed by atoms with Crippen LogP contribution in [0.4, 0.5) is 0 Å². The fourth-order valence-corrected chi connectivity index (χ4v) is 3.16. The van der Waals surface area contributed by atoms with Gasteiger partial charge in [0.15, 0.2) is 0 Å². The maximum Gasteiger partial charge on any atom is 0.504 e. The van der Waals surface area contributed by atoms with E-state index in [2.05, 4.69) is 48.5 Å². The van der Waals surface area contributed by atoms with Crippen molar-refractivity contribution >= 4 is 18.5 Å². The molecular weight excluding hydrogens is 307 g/mol. The lowest BCUT2D eigenvalue weighted by Gasteiger charge is -2.13. The zero-order chi connectivity index (χ0) is 17.1. The Labute approximate surface area is 147 Å². The molecule has 4 rings (SSSR count). The molecule has 2 nitrogen and oxygen atoms in total. The first kappa shape index (κ1) is 15.5. The Bertz CT molecular complexity index is 998. The number of benzene rings is 4. The van der Waals surface area contributed by atoms with E-state index in [0.29, 0.717) is 5.75 Å². The topological polar surface area (TPSA) is 29.5 Å². The van der Waals surface area contributed by atoms with E-state index in [0.717, 1.165) is 21.9 Å². The van der Waals surface area contributed by atoms with E-state index in [1.807, 2.05) is 42.5 Å². The minimum atomic E-state index is -0.325. The van der Waals surface area contributed by atoms with Gasteiger partial charge in [-0.2, -0.15) is 0 Å². The van der Waals surface area contributed by atoms with Crippen LogP contribution >= 0.6 is 0 Å². The van der Waals surface area contributed by atoms with Crippen molar-refractivity contribution in [3.63, 3.8) is 0 Å². The average molecular weight is 324 g/mol. The molecule has 4 aromatic carbocycles. The zero-order valence-corrected chi connectivity index (χ0v) is 13.7. The van der Waals surface area contributed by atoms with Crippen molar-refractivity contribution in [2.75, 3.05) is 0 Å². The van der Waals surface area contributed by atoms with Gasteiger partial charge in [-0.1, -0.05) is 66.7 Å². The molecule has 25 heavy (non-hydrogen) atoms. The molecule has 0 saturated heterocycles. The van der Waals surface area contributed by atoms with Crippen LogP contribution < -0.4 is 4.65 Å². The van der Waals surface area contributed by atoms with Crippen LogP contribution in [0.2, 0.25) is 0 Å². The van der Waals surface area contributed by atoms with Crippen molar-refractivity contribution in [1.82, 2.24) is 0 Å². The standard InChI is InChI=1S/C22H17BO2/c24-23-25-20-12-11-18-13-19(16-7-3-1-4-8-16)14-21(22(18)15-20)17-9-5-2-6-10-17/h1-15,23-24H. The summed E-state index contributed by atoms with van der Waals surface area (Å²) in [6.07, 6.45) is 0. The summed E-state index contributed by atoms with van der Waals surface area (Å²) in [5.74, 6) is 0.666. The van der Waals surface area contributed by atoms with Crippen LogP contribution in [0, 0.1) is 0 Å². The lowest BCUT2D eigenvalue weighted by molar-refractivity contribution is 0.454. The maximum absolute atomic E-state index is 9.05. The van der Waals surface area contributed by atoms with Gasteiger partial charge in [0, 0.05) is 0 Å². The van der Waals surface area contributed by atoms with Crippen LogP contribution in [0.3, 0.4) is 0 Å². The molecule has 0 radical (unpaired) electrons. The number of rotatable bonds is 4. The fourth-order valence-electron chi connectivity index (χ4n) is 3.16. The van der Waals surface area contributed by atoms with Gasteiger partial charge < -0.3 is 9.68 Å². The van der Waals surface area contributed by atoms with Crippen LogP contribution in [0.5, 0.6) is 5.75 Å². The van der Waals surface area contributed by atoms with E-state index in [1.165, 1.54) is 11.1 Å². The second-order valence-electron chi connectivity index (χ2n) is 5.91. The highest BCUT2D eigenvalue weighted by atomic mass is 16.5. The van der Waals surface area contributed by atoms with Crippen molar-refractivity contribution in [1.29, 1.82) is 0 Å². The van der Waals surface area contributed by atoms with E-state index in [4.69, 9.17) is 9.68 Å². The molecule has 4 aromatic rings. The van der Waals surface area contributed by atoms with E-state index in [1.54, 1.807) is 0 Å². The molecular formula is C22H17BO2. The molecule has 0 fully saturated rings. The number of hydrogen-bond acceptors (Lipinski definition) is 2. The predicted molar refractivity (Wildman–Crippen MR) is 105 cm³/mol. The summed E-state index contributed by atoms with van der Waals surface area (Å²) in [5, 5.41) is 11.3. The van der Waals surface area contributed by atoms with Gasteiger partial charge in [-0.15, -0.1) is 0 Å². The lowest BCUT2D eigenvalue weighted by atomic mass is 9.93. The monoisotopic (exact) mass is 324 g/mol. The van der Waals surface area contributed by atoms with Crippen LogP contribution in [-0.4, -0.2) is 12.7 Å². The molecule has 0 amide bonds. The molecule has 0 aliphatic rings. The van der Waals surface area contributed by atoms with Gasteiger partial charge in [0.1, 0.15) is 5.75 Å². The summed E-state index contributed by atoms with van der Waals surface area (Å²) in [6.45, 7) is 0. The third-order valence-electron chi connectivity index (χ3n) is 4.35. The van der Waals surface area contributed by atoms with Crippen LogP contribution in [-0.2, 0) is 0 Å². The minimum absolute atomic E-state index is 0.325. The normalized spacial score (nSPS) is 10.6. The Morgan fingerprint density at radius 2 is 1.32 bits per heavy atom. The summed E-state index contributed by atoms with van der Waals surface area (Å²) in [4.78, 5) is 0. The molecule has 3 heteroatoms. The van der Waals surface area contributed by atoms with Gasteiger partial charge in [0.25, 0.3) is 0 Å². The van der Waals surface area contributed by atoms with Crippen LogP contribution in [0.15, 0.2) is 91.0 Å². The summed E-state index contributed by atoms with van der Waals surface area (Å²) >= 11 is 0. The Morgan fingerprint density at radius 3 is 2.00 bits per heavy atom. The van der Waals surface area contributed by atoms with Crippen molar-refractivity contribution in [3.8, 4) is 28.0 Å². The van der Waals surface area contributed by atoms with E-state index in [-0.39, 0.29) is 7.69 Å². The van der Waals surface area contributed by atoms with Gasteiger partial charge >= 0.3 is 7.69 Å². The summed E-state index contributed by atoms with van der Waals surface area (Å²) in [6, 6.07) is 31.1. The van der Waals surface area contributed by atoms with Gasteiger partial charge in [-0.05, 0) is 57.3 Å². The summed E-state index contributed by atoms with van der Waals surface area (Å²) < 4.78 is 5.28. The molecule has 0 spiro atoms. The highest BCUT2D eigenvalue weighted by Crippen LogP contribution is 2.35. The first-order chi connectivity index (χ1) is 12.3. The predicted octanol–water partition coefficient (Wildman–Crippen LogP) is 4.81. The van der Waals surface area contributed by atoms with Crippen molar-refractivity contribution in [2.45, 2.75) is 0 Å². The SMILES string of the molecule is OBOc1ccc2cc(-c3ccccc3)cc(-c3ccccc3)c2c1. The van der Waals surface area contributed by atoms with Gasteiger partial charge in [-0.25, -0.2) is 0 Å². The summed E-state index contributed by atoms with van der Waals surface area (Å²) in [7, 11) is -0.325. The molecule has 0 unspecified atom stereocenters. The third kappa shape index (κ3) is 3.15. The molecule has 0 saturated carbocycles. The number of fused-ring (bicyclic) bond motifs is 1. The molecule has 0 bridgehead atoms. The Kier molecular flexibility index (Phi) is 4.24. The molecule has 0 aliphatic heterocycles. The molecule has 0 atom stereocenters. The zero-order valence-electron chi connectivity index (χ0n) is 13.7. The quantitative estimate of drug-likeness (QED) is 0.546. The smallest absolute Gasteiger partial charge is 0.504 e. The third-order valence-corrected chi connectivity index (χ3v) is 4.35. The van der Waals surface area contributed by atoms with E-state index >= 15 is 0 Å². The molecule has 120 valence electrons. The largest absolute Gasteiger partial charge is 0.539 e. The van der Waals surface area contributed by atoms with E-state index in [9.17, 15) is 0 Å². The molecule has 1 N–H and O–H groups in total. The van der Waals surface area contributed by atoms with Gasteiger partial charge in [0.05, 0.1) is 0 Å². The minimum Gasteiger partial charge on any atom is -0.539 e. The van der Waals surface area contributed by atoms with Crippen molar-refractivity contribution in [2.24, 2.45) is 0 Å². The Morgan fingerprint density at radius 1 is 0.640 bits per heavy atom. The molecule has 0 heterocycles. The van der Waals surface area contributed by atoms with E-state index < -0.39 is 0 Å². The lowest BCUT2D eigenvalue weighted by Crippen LogP contribution is -1.99. The van der Waals surface area contributed by atoms with Crippen LogP contribution in [0.1, 0.15) is 0 Å². The van der Waals surface area contributed by atoms with Gasteiger partial charge in [0.2, 0.25) is 0 Å². The second-order valence-corrected chi connectivity index (χ2v) is 5.91. The first-order valence-electron chi connectivity index (χ1n) is 8.27. The average Bonchev–Trinajstić information content (AvgIpc) is 2.69. The van der Waals surface area contributed by atoms with Crippen molar-refractivity contribution < 1.29 is 9.68 Å². The highest BCUT2D eigenvalue weighted by Gasteiger charge is 2.09. The molecule has 0 aliphatic carbocycles. The maximum atomic E-state index is 9.05. The fraction of sp³-hybridized carbons (Fsp3) is 0. The van der Waals surface area contributed by atoms with Crippen LogP contribution in [0.25, 0.3) is 33.0 Å². The Hall–Kier alpha value is -3.04. The molecule has 0 aromatic heterocycles. The highest BCUT2D eigenvalue weighted by molar-refractivity contribution is 6.17. The van der Waals surface area contributed by atoms with Crippen molar-refractivity contribution in [3.05, 3.63) is 91.0 Å². The number of hydrogen-bond donors (Lipinski definition) is 1. The second kappa shape index (κ2) is 6.84. The summed E-state index contributed by atoms with van der Waals surface area (Å²) in [5.41, 5.74) is 4.69. The van der Waals surface area contributed by atoms with Gasteiger partial charge in [-0.3, -0.25) is 0 Å².